The number of aryl methyl sites for hydroxylation is 1. The number of thiazole rings is 1. The maximum absolute atomic E-state index is 12.4. The molecule has 3 rings (SSSR count). The summed E-state index contributed by atoms with van der Waals surface area (Å²) >= 11 is 1.29. The van der Waals surface area contributed by atoms with Crippen molar-refractivity contribution in [3.63, 3.8) is 0 Å². The highest BCUT2D eigenvalue weighted by molar-refractivity contribution is 7.14. The summed E-state index contributed by atoms with van der Waals surface area (Å²) in [6.07, 6.45) is 1.72. The average Bonchev–Trinajstić information content (AvgIpc) is 3.17. The summed E-state index contributed by atoms with van der Waals surface area (Å²) in [5.41, 5.74) is 2.23. The summed E-state index contributed by atoms with van der Waals surface area (Å²) in [6, 6.07) is 16.2. The van der Waals surface area contributed by atoms with E-state index in [2.05, 4.69) is 32.5 Å². The normalized spacial score (nSPS) is 11.9. The molecule has 0 aliphatic carbocycles. The van der Waals surface area contributed by atoms with Crippen molar-refractivity contribution in [2.75, 3.05) is 5.32 Å². The number of halogens is 2. The molecule has 1 unspecified atom stereocenters. The molecule has 0 saturated carbocycles. The van der Waals surface area contributed by atoms with E-state index in [1.807, 2.05) is 25.1 Å². The monoisotopic (exact) mass is 417 g/mol. The van der Waals surface area contributed by atoms with Crippen LogP contribution in [0.5, 0.6) is 5.75 Å². The van der Waals surface area contributed by atoms with E-state index in [0.717, 1.165) is 12.8 Å². The van der Waals surface area contributed by atoms with E-state index in [-0.39, 0.29) is 17.7 Å². The molecule has 0 fully saturated rings. The van der Waals surface area contributed by atoms with Gasteiger partial charge >= 0.3 is 6.61 Å². The predicted molar refractivity (Wildman–Crippen MR) is 110 cm³/mol. The molecule has 2 N–H and O–H groups in total. The lowest BCUT2D eigenvalue weighted by Crippen LogP contribution is -2.33. The maximum atomic E-state index is 12.4. The minimum absolute atomic E-state index is 0.0168. The van der Waals surface area contributed by atoms with Crippen LogP contribution in [0, 0.1) is 0 Å². The van der Waals surface area contributed by atoms with Crippen molar-refractivity contribution in [2.45, 2.75) is 32.4 Å². The van der Waals surface area contributed by atoms with Crippen molar-refractivity contribution in [1.29, 1.82) is 0 Å². The zero-order valence-corrected chi connectivity index (χ0v) is 16.6. The summed E-state index contributed by atoms with van der Waals surface area (Å²) in [5, 5.41) is 8.22. The quantitative estimate of drug-likeness (QED) is 0.500. The number of ether oxygens (including phenoxy) is 1. The van der Waals surface area contributed by atoms with Gasteiger partial charge < -0.3 is 15.4 Å². The van der Waals surface area contributed by atoms with Gasteiger partial charge in [0.2, 0.25) is 0 Å². The number of rotatable bonds is 9. The summed E-state index contributed by atoms with van der Waals surface area (Å²) in [4.78, 5) is 16.7. The van der Waals surface area contributed by atoms with Gasteiger partial charge in [0.25, 0.3) is 5.91 Å². The smallest absolute Gasteiger partial charge is 0.387 e. The van der Waals surface area contributed by atoms with E-state index in [9.17, 15) is 13.6 Å². The van der Waals surface area contributed by atoms with Crippen LogP contribution in [-0.4, -0.2) is 23.5 Å². The van der Waals surface area contributed by atoms with Gasteiger partial charge in [-0.2, -0.15) is 8.78 Å². The number of amides is 1. The SMILES string of the molecule is CC(CCc1ccccc1)NC(=O)c1csc(Nc2ccc(OC(F)F)cc2)n1. The Hall–Kier alpha value is -3.00. The minimum atomic E-state index is -2.86. The molecule has 2 aromatic carbocycles. The van der Waals surface area contributed by atoms with Crippen LogP contribution < -0.4 is 15.4 Å². The number of aromatic nitrogens is 1. The second kappa shape index (κ2) is 9.97. The number of alkyl halides is 2. The third kappa shape index (κ3) is 6.53. The molecular weight excluding hydrogens is 396 g/mol. The Morgan fingerprint density at radius 1 is 1.14 bits per heavy atom. The van der Waals surface area contributed by atoms with Crippen LogP contribution >= 0.6 is 11.3 Å². The highest BCUT2D eigenvalue weighted by atomic mass is 32.1. The summed E-state index contributed by atoms with van der Waals surface area (Å²) in [7, 11) is 0. The fraction of sp³-hybridized carbons (Fsp3) is 0.238. The number of nitrogens with one attached hydrogen (secondary N) is 2. The molecule has 29 heavy (non-hydrogen) atoms. The molecule has 0 spiro atoms. The number of benzene rings is 2. The molecule has 5 nitrogen and oxygen atoms in total. The lowest BCUT2D eigenvalue weighted by atomic mass is 10.1. The van der Waals surface area contributed by atoms with Crippen LogP contribution in [0.15, 0.2) is 60.0 Å². The lowest BCUT2D eigenvalue weighted by molar-refractivity contribution is -0.0498. The highest BCUT2D eigenvalue weighted by Gasteiger charge is 2.14. The van der Waals surface area contributed by atoms with Crippen LogP contribution in [0.2, 0.25) is 0 Å². The average molecular weight is 417 g/mol. The largest absolute Gasteiger partial charge is 0.435 e. The Balaban J connectivity index is 1.50. The van der Waals surface area contributed by atoms with E-state index < -0.39 is 6.61 Å². The Kier molecular flexibility index (Phi) is 7.13. The summed E-state index contributed by atoms with van der Waals surface area (Å²) in [5.74, 6) is -0.148. The molecule has 1 atom stereocenters. The number of nitrogens with zero attached hydrogens (tertiary/aromatic N) is 1. The molecule has 0 aliphatic heterocycles. The summed E-state index contributed by atoms with van der Waals surface area (Å²) in [6.45, 7) is -0.890. The molecular formula is C21H21F2N3O2S. The number of carbonyl (C=O) groups is 1. The zero-order valence-electron chi connectivity index (χ0n) is 15.8. The fourth-order valence-electron chi connectivity index (χ4n) is 2.68. The number of carbonyl (C=O) groups excluding carboxylic acids is 1. The van der Waals surface area contributed by atoms with Gasteiger partial charge in [-0.15, -0.1) is 11.3 Å². The summed E-state index contributed by atoms with van der Waals surface area (Å²) < 4.78 is 28.7. The van der Waals surface area contributed by atoms with Crippen molar-refractivity contribution in [3.05, 3.63) is 71.2 Å². The second-order valence-corrected chi connectivity index (χ2v) is 7.32. The first-order valence-electron chi connectivity index (χ1n) is 9.12. The van der Waals surface area contributed by atoms with Gasteiger partial charge in [-0.25, -0.2) is 4.98 Å². The van der Waals surface area contributed by atoms with Crippen LogP contribution in [0.4, 0.5) is 19.6 Å². The van der Waals surface area contributed by atoms with Crippen molar-refractivity contribution in [1.82, 2.24) is 10.3 Å². The molecule has 1 heterocycles. The van der Waals surface area contributed by atoms with Crippen molar-refractivity contribution in [3.8, 4) is 5.75 Å². The third-order valence-corrected chi connectivity index (χ3v) is 4.91. The molecule has 152 valence electrons. The van der Waals surface area contributed by atoms with Gasteiger partial charge in [0.05, 0.1) is 0 Å². The van der Waals surface area contributed by atoms with E-state index in [4.69, 9.17) is 0 Å². The maximum Gasteiger partial charge on any atom is 0.387 e. The van der Waals surface area contributed by atoms with Crippen molar-refractivity contribution >= 4 is 28.1 Å². The zero-order chi connectivity index (χ0) is 20.6. The molecule has 1 amide bonds. The second-order valence-electron chi connectivity index (χ2n) is 6.46. The van der Waals surface area contributed by atoms with E-state index >= 15 is 0 Å². The number of hydrogen-bond donors (Lipinski definition) is 2. The Bertz CT molecular complexity index is 917. The van der Waals surface area contributed by atoms with Gasteiger partial charge in [-0.1, -0.05) is 30.3 Å². The lowest BCUT2D eigenvalue weighted by Gasteiger charge is -2.12. The minimum Gasteiger partial charge on any atom is -0.435 e. The standard InChI is InChI=1S/C21H21F2N3O2S/c1-14(7-8-15-5-3-2-4-6-15)24-19(27)18-13-29-21(26-18)25-16-9-11-17(12-10-16)28-20(22)23/h2-6,9-14,20H,7-8H2,1H3,(H,24,27)(H,25,26). The van der Waals surface area contributed by atoms with E-state index in [0.29, 0.717) is 16.5 Å². The van der Waals surface area contributed by atoms with Gasteiger partial charge in [0, 0.05) is 17.1 Å². The first-order valence-corrected chi connectivity index (χ1v) is 10.00. The number of anilines is 2. The Morgan fingerprint density at radius 2 is 1.86 bits per heavy atom. The van der Waals surface area contributed by atoms with Crippen molar-refractivity contribution < 1.29 is 18.3 Å². The molecule has 0 bridgehead atoms. The first-order chi connectivity index (χ1) is 14.0. The Morgan fingerprint density at radius 3 is 2.55 bits per heavy atom. The van der Waals surface area contributed by atoms with Crippen LogP contribution in [0.3, 0.4) is 0 Å². The van der Waals surface area contributed by atoms with Crippen LogP contribution in [-0.2, 0) is 6.42 Å². The topological polar surface area (TPSA) is 63.2 Å². The van der Waals surface area contributed by atoms with Gasteiger partial charge in [-0.3, -0.25) is 4.79 Å². The van der Waals surface area contributed by atoms with Crippen LogP contribution in [0.1, 0.15) is 29.4 Å². The molecule has 0 aliphatic rings. The van der Waals surface area contributed by atoms with Crippen molar-refractivity contribution in [2.24, 2.45) is 0 Å². The van der Waals surface area contributed by atoms with E-state index in [1.54, 1.807) is 17.5 Å². The van der Waals surface area contributed by atoms with Gasteiger partial charge in [0.1, 0.15) is 11.4 Å². The number of hydrogen-bond acceptors (Lipinski definition) is 5. The molecule has 1 aromatic heterocycles. The molecule has 8 heteroatoms. The van der Waals surface area contributed by atoms with E-state index in [1.165, 1.54) is 29.0 Å². The molecule has 3 aromatic rings. The Labute approximate surface area is 171 Å². The molecule has 0 radical (unpaired) electrons. The highest BCUT2D eigenvalue weighted by Crippen LogP contribution is 2.23. The van der Waals surface area contributed by atoms with Gasteiger partial charge in [0.15, 0.2) is 5.13 Å². The molecule has 0 saturated heterocycles. The third-order valence-electron chi connectivity index (χ3n) is 4.15. The van der Waals surface area contributed by atoms with Gasteiger partial charge in [-0.05, 0) is 49.6 Å². The van der Waals surface area contributed by atoms with Crippen LogP contribution in [0.25, 0.3) is 0 Å². The predicted octanol–water partition coefficient (Wildman–Crippen LogP) is 5.24. The fourth-order valence-corrected chi connectivity index (χ4v) is 3.39. The first kappa shape index (κ1) is 20.7.